The normalized spacial score (nSPS) is 11.8. The minimum absolute atomic E-state index is 0.0533. The predicted octanol–water partition coefficient (Wildman–Crippen LogP) is 0.819. The Morgan fingerprint density at radius 3 is 2.50 bits per heavy atom. The topological polar surface area (TPSA) is 110 Å². The van der Waals surface area contributed by atoms with Crippen molar-refractivity contribution in [2.45, 2.75) is 13.0 Å². The molecular weight excluding hydrogens is 214 g/mol. The summed E-state index contributed by atoms with van der Waals surface area (Å²) in [6, 6.07) is 3.95. The number of anilines is 1. The van der Waals surface area contributed by atoms with E-state index in [4.69, 9.17) is 20.7 Å². The van der Waals surface area contributed by atoms with Gasteiger partial charge in [-0.05, 0) is 19.1 Å². The van der Waals surface area contributed by atoms with Gasteiger partial charge in [-0.25, -0.2) is 9.59 Å². The third kappa shape index (κ3) is 2.63. The van der Waals surface area contributed by atoms with Crippen molar-refractivity contribution in [3.8, 4) is 5.75 Å². The Balaban J connectivity index is 3.05. The van der Waals surface area contributed by atoms with Gasteiger partial charge < -0.3 is 20.7 Å². The van der Waals surface area contributed by atoms with Crippen LogP contribution in [-0.2, 0) is 4.79 Å². The molecule has 0 aliphatic carbocycles. The molecule has 0 radical (unpaired) electrons. The van der Waals surface area contributed by atoms with Crippen molar-refractivity contribution in [2.75, 3.05) is 5.73 Å². The van der Waals surface area contributed by atoms with E-state index in [2.05, 4.69) is 0 Å². The Kier molecular flexibility index (Phi) is 3.34. The summed E-state index contributed by atoms with van der Waals surface area (Å²) in [6.45, 7) is 1.30. The molecule has 0 saturated carbocycles. The summed E-state index contributed by atoms with van der Waals surface area (Å²) in [5.74, 6) is -2.44. The smallest absolute Gasteiger partial charge is 0.344 e. The van der Waals surface area contributed by atoms with Gasteiger partial charge in [-0.1, -0.05) is 0 Å². The summed E-state index contributed by atoms with van der Waals surface area (Å²) in [5, 5.41) is 17.5. The SMILES string of the molecule is CC(Oc1cc(N)ccc1C(=O)O)C(=O)O. The fraction of sp³-hybridized carbons (Fsp3) is 0.200. The maximum atomic E-state index is 10.8. The summed E-state index contributed by atoms with van der Waals surface area (Å²) >= 11 is 0. The molecule has 6 nitrogen and oxygen atoms in total. The van der Waals surface area contributed by atoms with E-state index in [0.29, 0.717) is 5.69 Å². The van der Waals surface area contributed by atoms with Gasteiger partial charge in [0, 0.05) is 11.8 Å². The summed E-state index contributed by atoms with van der Waals surface area (Å²) in [6.07, 6.45) is -1.14. The zero-order chi connectivity index (χ0) is 12.3. The van der Waals surface area contributed by atoms with E-state index in [1.165, 1.54) is 25.1 Å². The van der Waals surface area contributed by atoms with Crippen molar-refractivity contribution in [2.24, 2.45) is 0 Å². The zero-order valence-corrected chi connectivity index (χ0v) is 8.51. The van der Waals surface area contributed by atoms with Gasteiger partial charge in [0.25, 0.3) is 0 Å². The number of benzene rings is 1. The third-order valence-corrected chi connectivity index (χ3v) is 1.89. The molecule has 0 spiro atoms. The molecular formula is C10H11NO5. The van der Waals surface area contributed by atoms with Crippen molar-refractivity contribution in [1.82, 2.24) is 0 Å². The predicted molar refractivity (Wildman–Crippen MR) is 55.5 cm³/mol. The first-order valence-electron chi connectivity index (χ1n) is 4.44. The van der Waals surface area contributed by atoms with Gasteiger partial charge >= 0.3 is 11.9 Å². The average molecular weight is 225 g/mol. The van der Waals surface area contributed by atoms with Gasteiger partial charge in [0.05, 0.1) is 0 Å². The van der Waals surface area contributed by atoms with Crippen LogP contribution >= 0.6 is 0 Å². The fourth-order valence-electron chi connectivity index (χ4n) is 1.05. The van der Waals surface area contributed by atoms with E-state index in [0.717, 1.165) is 0 Å². The first-order chi connectivity index (χ1) is 7.41. The average Bonchev–Trinajstić information content (AvgIpc) is 2.16. The molecule has 0 fully saturated rings. The molecule has 0 aromatic heterocycles. The molecule has 0 bridgehead atoms. The van der Waals surface area contributed by atoms with Gasteiger partial charge in [-0.3, -0.25) is 0 Å². The molecule has 1 unspecified atom stereocenters. The summed E-state index contributed by atoms with van der Waals surface area (Å²) < 4.78 is 4.99. The number of carboxylic acids is 2. The number of aromatic carboxylic acids is 1. The molecule has 1 aromatic carbocycles. The number of aliphatic carboxylic acids is 1. The van der Waals surface area contributed by atoms with Crippen LogP contribution in [0.15, 0.2) is 18.2 Å². The highest BCUT2D eigenvalue weighted by molar-refractivity contribution is 5.91. The molecule has 1 rings (SSSR count). The molecule has 86 valence electrons. The lowest BCUT2D eigenvalue weighted by atomic mass is 10.2. The second-order valence-electron chi connectivity index (χ2n) is 3.16. The monoisotopic (exact) mass is 225 g/mol. The van der Waals surface area contributed by atoms with Crippen LogP contribution < -0.4 is 10.5 Å². The number of nitrogens with two attached hydrogens (primary N) is 1. The van der Waals surface area contributed by atoms with E-state index < -0.39 is 18.0 Å². The van der Waals surface area contributed by atoms with Gasteiger partial charge in [0.1, 0.15) is 11.3 Å². The Labute approximate surface area is 91.3 Å². The van der Waals surface area contributed by atoms with Crippen LogP contribution in [0.5, 0.6) is 5.75 Å². The number of hydrogen-bond donors (Lipinski definition) is 3. The van der Waals surface area contributed by atoms with Crippen LogP contribution in [0, 0.1) is 0 Å². The lowest BCUT2D eigenvalue weighted by Gasteiger charge is -2.12. The van der Waals surface area contributed by atoms with Crippen molar-refractivity contribution in [3.63, 3.8) is 0 Å². The highest BCUT2D eigenvalue weighted by Gasteiger charge is 2.17. The van der Waals surface area contributed by atoms with Gasteiger partial charge in [-0.15, -0.1) is 0 Å². The van der Waals surface area contributed by atoms with E-state index in [9.17, 15) is 9.59 Å². The molecule has 0 heterocycles. The number of rotatable bonds is 4. The van der Waals surface area contributed by atoms with Crippen LogP contribution in [0.25, 0.3) is 0 Å². The molecule has 1 aromatic rings. The highest BCUT2D eigenvalue weighted by atomic mass is 16.5. The first kappa shape index (κ1) is 11.8. The first-order valence-corrected chi connectivity index (χ1v) is 4.44. The Hall–Kier alpha value is -2.24. The lowest BCUT2D eigenvalue weighted by molar-refractivity contribution is -0.144. The summed E-state index contributed by atoms with van der Waals surface area (Å²) in [4.78, 5) is 21.4. The molecule has 4 N–H and O–H groups in total. The molecule has 0 aliphatic rings. The molecule has 0 saturated heterocycles. The Morgan fingerprint density at radius 2 is 2.00 bits per heavy atom. The van der Waals surface area contributed by atoms with Crippen molar-refractivity contribution in [1.29, 1.82) is 0 Å². The minimum atomic E-state index is -1.20. The second kappa shape index (κ2) is 4.52. The van der Waals surface area contributed by atoms with E-state index in [-0.39, 0.29) is 11.3 Å². The standard InChI is InChI=1S/C10H11NO5/c1-5(9(12)13)16-8-4-6(11)2-3-7(8)10(14)15/h2-5H,11H2,1H3,(H,12,13)(H,14,15). The molecule has 16 heavy (non-hydrogen) atoms. The largest absolute Gasteiger partial charge is 0.479 e. The number of nitrogen functional groups attached to an aromatic ring is 1. The van der Waals surface area contributed by atoms with Crippen molar-refractivity contribution >= 4 is 17.6 Å². The molecule has 1 atom stereocenters. The van der Waals surface area contributed by atoms with Crippen LogP contribution in [0.2, 0.25) is 0 Å². The quantitative estimate of drug-likeness (QED) is 0.654. The van der Waals surface area contributed by atoms with Crippen molar-refractivity contribution < 1.29 is 24.5 Å². The Bertz CT molecular complexity index is 429. The number of carbonyl (C=O) groups is 2. The van der Waals surface area contributed by atoms with Gasteiger partial charge in [0.2, 0.25) is 0 Å². The van der Waals surface area contributed by atoms with E-state index in [1.54, 1.807) is 0 Å². The van der Waals surface area contributed by atoms with Crippen LogP contribution in [-0.4, -0.2) is 28.3 Å². The fourth-order valence-corrected chi connectivity index (χ4v) is 1.05. The summed E-state index contributed by atoms with van der Waals surface area (Å²) in [7, 11) is 0. The number of carboxylic acid groups (broad SMARTS) is 2. The van der Waals surface area contributed by atoms with Crippen molar-refractivity contribution in [3.05, 3.63) is 23.8 Å². The zero-order valence-electron chi connectivity index (χ0n) is 8.51. The van der Waals surface area contributed by atoms with Gasteiger partial charge in [-0.2, -0.15) is 0 Å². The molecule has 0 amide bonds. The lowest BCUT2D eigenvalue weighted by Crippen LogP contribution is -2.23. The molecule has 0 aliphatic heterocycles. The number of ether oxygens (including phenoxy) is 1. The Morgan fingerprint density at radius 1 is 1.38 bits per heavy atom. The van der Waals surface area contributed by atoms with Crippen LogP contribution in [0.1, 0.15) is 17.3 Å². The maximum absolute atomic E-state index is 10.8. The summed E-state index contributed by atoms with van der Waals surface area (Å²) in [5.41, 5.74) is 5.64. The number of hydrogen-bond acceptors (Lipinski definition) is 4. The van der Waals surface area contributed by atoms with E-state index in [1.807, 2.05) is 0 Å². The van der Waals surface area contributed by atoms with Crippen LogP contribution in [0.4, 0.5) is 5.69 Å². The molecule has 6 heteroatoms. The second-order valence-corrected chi connectivity index (χ2v) is 3.16. The van der Waals surface area contributed by atoms with Gasteiger partial charge in [0.15, 0.2) is 6.10 Å². The minimum Gasteiger partial charge on any atom is -0.479 e. The van der Waals surface area contributed by atoms with E-state index >= 15 is 0 Å². The highest BCUT2D eigenvalue weighted by Crippen LogP contribution is 2.23. The van der Waals surface area contributed by atoms with Crippen LogP contribution in [0.3, 0.4) is 0 Å². The maximum Gasteiger partial charge on any atom is 0.344 e. The third-order valence-electron chi connectivity index (χ3n) is 1.89.